The van der Waals surface area contributed by atoms with Crippen LogP contribution in [0.2, 0.25) is 0 Å². The molecule has 1 unspecified atom stereocenters. The zero-order valence-corrected chi connectivity index (χ0v) is 4.07. The fourth-order valence-electron chi connectivity index (χ4n) is 0.365. The molecule has 1 nitrogen and oxygen atoms in total. The molecule has 0 aromatic rings. The van der Waals surface area contributed by atoms with Gasteiger partial charge >= 0.3 is 0 Å². The van der Waals surface area contributed by atoms with Crippen molar-refractivity contribution in [3.8, 4) is 0 Å². The first-order valence-corrected chi connectivity index (χ1v) is 2.80. The average Bonchev–Trinajstić information content (AvgIpc) is 1.86. The van der Waals surface area contributed by atoms with Gasteiger partial charge in [0.25, 0.3) is 0 Å². The maximum absolute atomic E-state index is 10.2. The summed E-state index contributed by atoms with van der Waals surface area (Å²) < 4.78 is 0. The van der Waals surface area contributed by atoms with Crippen molar-refractivity contribution in [1.82, 2.24) is 0 Å². The van der Waals surface area contributed by atoms with E-state index in [9.17, 15) is 5.11 Å². The van der Waals surface area contributed by atoms with E-state index in [1.807, 2.05) is 11.5 Å². The minimum absolute atomic E-state index is 0.398. The van der Waals surface area contributed by atoms with Gasteiger partial charge in [-0.15, -0.1) is 0 Å². The average molecular weight is 101 g/mol. The minimum atomic E-state index is -0.398. The SMILES string of the molecule is [O]C1CC=CS1. The molecule has 33 valence electrons. The highest BCUT2D eigenvalue weighted by atomic mass is 32.2. The largest absolute Gasteiger partial charge is 0.221 e. The van der Waals surface area contributed by atoms with E-state index in [1.165, 1.54) is 11.8 Å². The second kappa shape index (κ2) is 1.67. The van der Waals surface area contributed by atoms with Gasteiger partial charge in [0.15, 0.2) is 0 Å². The molecule has 0 aromatic carbocycles. The Bertz CT molecular complexity index is 61.9. The molecule has 2 heteroatoms. The number of hydrogen-bond donors (Lipinski definition) is 0. The summed E-state index contributed by atoms with van der Waals surface area (Å²) in [4.78, 5) is 0. The lowest BCUT2D eigenvalue weighted by atomic mass is 10.5. The van der Waals surface area contributed by atoms with Gasteiger partial charge < -0.3 is 0 Å². The van der Waals surface area contributed by atoms with Gasteiger partial charge in [-0.3, -0.25) is 0 Å². The molecule has 0 bridgehead atoms. The van der Waals surface area contributed by atoms with Crippen molar-refractivity contribution in [3.05, 3.63) is 11.5 Å². The highest BCUT2D eigenvalue weighted by Crippen LogP contribution is 2.20. The molecule has 0 amide bonds. The molecule has 0 spiro atoms. The molecule has 0 N–H and O–H groups in total. The molecule has 1 aliphatic heterocycles. The Labute approximate surface area is 41.1 Å². The molecule has 1 radical (unpaired) electrons. The Kier molecular flexibility index (Phi) is 1.17. The molecule has 1 rings (SSSR count). The maximum Gasteiger partial charge on any atom is 0.146 e. The lowest BCUT2D eigenvalue weighted by Crippen LogP contribution is -1.86. The summed E-state index contributed by atoms with van der Waals surface area (Å²) in [5.41, 5.74) is -0.398. The van der Waals surface area contributed by atoms with Crippen molar-refractivity contribution >= 4 is 11.8 Å². The zero-order chi connectivity index (χ0) is 4.41. The van der Waals surface area contributed by atoms with E-state index in [0.717, 1.165) is 0 Å². The molecular formula is C4H5OS. The molecule has 1 heterocycles. The van der Waals surface area contributed by atoms with Crippen molar-refractivity contribution in [1.29, 1.82) is 0 Å². The molecular weight excluding hydrogens is 96.1 g/mol. The lowest BCUT2D eigenvalue weighted by molar-refractivity contribution is 0.170. The highest BCUT2D eigenvalue weighted by molar-refractivity contribution is 8.02. The van der Waals surface area contributed by atoms with Gasteiger partial charge in [-0.05, 0) is 5.41 Å². The Morgan fingerprint density at radius 3 is 2.83 bits per heavy atom. The van der Waals surface area contributed by atoms with E-state index >= 15 is 0 Å². The molecule has 0 saturated heterocycles. The number of thioether (sulfide) groups is 1. The third-order valence-electron chi connectivity index (χ3n) is 0.655. The van der Waals surface area contributed by atoms with Crippen LogP contribution in [0.5, 0.6) is 0 Å². The molecule has 0 aliphatic carbocycles. The molecule has 0 fully saturated rings. The molecule has 6 heavy (non-hydrogen) atoms. The van der Waals surface area contributed by atoms with Crippen LogP contribution in [-0.2, 0) is 5.11 Å². The molecule has 0 saturated carbocycles. The Morgan fingerprint density at radius 2 is 2.67 bits per heavy atom. The normalized spacial score (nSPS) is 31.8. The predicted octanol–water partition coefficient (Wildman–Crippen LogP) is 1.39. The van der Waals surface area contributed by atoms with Crippen LogP contribution in [0.4, 0.5) is 0 Å². The number of rotatable bonds is 0. The Balaban J connectivity index is 2.32. The molecule has 0 aromatic heterocycles. The third kappa shape index (κ3) is 0.758. The topological polar surface area (TPSA) is 19.9 Å². The first kappa shape index (κ1) is 4.22. The van der Waals surface area contributed by atoms with Crippen LogP contribution in [0.25, 0.3) is 0 Å². The third-order valence-corrected chi connectivity index (χ3v) is 1.50. The van der Waals surface area contributed by atoms with E-state index in [1.54, 1.807) is 0 Å². The van der Waals surface area contributed by atoms with Gasteiger partial charge in [0, 0.05) is 6.42 Å². The van der Waals surface area contributed by atoms with E-state index in [-0.39, 0.29) is 0 Å². The van der Waals surface area contributed by atoms with Crippen LogP contribution in [0.15, 0.2) is 11.5 Å². The van der Waals surface area contributed by atoms with E-state index in [2.05, 4.69) is 0 Å². The van der Waals surface area contributed by atoms with Gasteiger partial charge in [0.1, 0.15) is 5.44 Å². The van der Waals surface area contributed by atoms with Crippen molar-refractivity contribution in [2.24, 2.45) is 0 Å². The highest BCUT2D eigenvalue weighted by Gasteiger charge is 2.05. The summed E-state index contributed by atoms with van der Waals surface area (Å²) in [7, 11) is 0. The van der Waals surface area contributed by atoms with Gasteiger partial charge in [-0.25, -0.2) is 5.11 Å². The smallest absolute Gasteiger partial charge is 0.146 e. The van der Waals surface area contributed by atoms with Crippen LogP contribution in [0, 0.1) is 0 Å². The van der Waals surface area contributed by atoms with Crippen LogP contribution < -0.4 is 0 Å². The second-order valence-electron chi connectivity index (χ2n) is 1.17. The second-order valence-corrected chi connectivity index (χ2v) is 2.24. The van der Waals surface area contributed by atoms with Crippen molar-refractivity contribution in [3.63, 3.8) is 0 Å². The standard InChI is InChI=1S/C4H5OS/c5-4-2-1-3-6-4/h1,3-4H,2H2. The Hall–Kier alpha value is 0.0500. The van der Waals surface area contributed by atoms with Crippen molar-refractivity contribution in [2.75, 3.05) is 0 Å². The summed E-state index contributed by atoms with van der Waals surface area (Å²) in [6, 6.07) is 0. The fourth-order valence-corrected chi connectivity index (χ4v) is 0.985. The van der Waals surface area contributed by atoms with Crippen LogP contribution in [0.1, 0.15) is 6.42 Å². The van der Waals surface area contributed by atoms with E-state index in [4.69, 9.17) is 0 Å². The summed E-state index contributed by atoms with van der Waals surface area (Å²) in [5.74, 6) is 0. The van der Waals surface area contributed by atoms with Gasteiger partial charge in [-0.1, -0.05) is 17.8 Å². The molecule has 1 atom stereocenters. The predicted molar refractivity (Wildman–Crippen MR) is 25.8 cm³/mol. The van der Waals surface area contributed by atoms with E-state index in [0.29, 0.717) is 6.42 Å². The van der Waals surface area contributed by atoms with Gasteiger partial charge in [-0.2, -0.15) is 0 Å². The summed E-state index contributed by atoms with van der Waals surface area (Å²) in [6.07, 6.45) is 2.62. The van der Waals surface area contributed by atoms with Crippen LogP contribution >= 0.6 is 11.8 Å². The maximum atomic E-state index is 10.2. The zero-order valence-electron chi connectivity index (χ0n) is 3.26. The lowest BCUT2D eigenvalue weighted by Gasteiger charge is -1.87. The van der Waals surface area contributed by atoms with E-state index < -0.39 is 5.44 Å². The first-order chi connectivity index (χ1) is 2.89. The van der Waals surface area contributed by atoms with Crippen LogP contribution in [-0.4, -0.2) is 5.44 Å². The summed E-state index contributed by atoms with van der Waals surface area (Å²) >= 11 is 1.36. The monoisotopic (exact) mass is 101 g/mol. The van der Waals surface area contributed by atoms with Crippen molar-refractivity contribution in [2.45, 2.75) is 11.9 Å². The number of hydrogen-bond acceptors (Lipinski definition) is 1. The fraction of sp³-hybridized carbons (Fsp3) is 0.500. The summed E-state index contributed by atoms with van der Waals surface area (Å²) in [5, 5.41) is 12.1. The molecule has 1 aliphatic rings. The van der Waals surface area contributed by atoms with Gasteiger partial charge in [0.2, 0.25) is 0 Å². The minimum Gasteiger partial charge on any atom is -0.221 e. The van der Waals surface area contributed by atoms with Crippen LogP contribution in [0.3, 0.4) is 0 Å². The quantitative estimate of drug-likeness (QED) is 0.451. The van der Waals surface area contributed by atoms with Crippen molar-refractivity contribution < 1.29 is 5.11 Å². The summed E-state index contributed by atoms with van der Waals surface area (Å²) in [6.45, 7) is 0. The Morgan fingerprint density at radius 1 is 1.83 bits per heavy atom. The first-order valence-electron chi connectivity index (χ1n) is 1.86. The van der Waals surface area contributed by atoms with Gasteiger partial charge in [0.05, 0.1) is 0 Å².